The highest BCUT2D eigenvalue weighted by Crippen LogP contribution is 2.50. The van der Waals surface area contributed by atoms with E-state index in [1.54, 1.807) is 0 Å². The molecular formula is C72H71N3. The molecule has 11 aromatic rings. The van der Waals surface area contributed by atoms with E-state index in [2.05, 4.69) is 310 Å². The molecule has 0 N–H and O–H groups in total. The van der Waals surface area contributed by atoms with E-state index in [0.29, 0.717) is 0 Å². The molecule has 0 aliphatic rings. The molecule has 374 valence electrons. The Kier molecular flexibility index (Phi) is 12.2. The summed E-state index contributed by atoms with van der Waals surface area (Å²) in [5, 5.41) is 7.28. The van der Waals surface area contributed by atoms with E-state index in [-0.39, 0.29) is 21.7 Å². The minimum atomic E-state index is 0.0171. The van der Waals surface area contributed by atoms with Gasteiger partial charge < -0.3 is 14.4 Å². The second-order valence-corrected chi connectivity index (χ2v) is 24.8. The molecule has 0 saturated heterocycles. The van der Waals surface area contributed by atoms with Gasteiger partial charge in [0, 0.05) is 50.0 Å². The number of hydrogen-bond acceptors (Lipinski definition) is 2. The summed E-state index contributed by atoms with van der Waals surface area (Å²) < 4.78 is 2.54. The molecule has 0 bridgehead atoms. The highest BCUT2D eigenvalue weighted by atomic mass is 15.2. The lowest BCUT2D eigenvalue weighted by Crippen LogP contribution is -2.14. The summed E-state index contributed by atoms with van der Waals surface area (Å²) in [7, 11) is 0. The molecule has 0 aliphatic carbocycles. The van der Waals surface area contributed by atoms with E-state index in [1.807, 2.05) is 0 Å². The molecule has 0 aliphatic heterocycles. The molecule has 75 heavy (non-hydrogen) atoms. The van der Waals surface area contributed by atoms with Gasteiger partial charge in [-0.25, -0.2) is 0 Å². The molecule has 0 radical (unpaired) electrons. The van der Waals surface area contributed by atoms with Crippen molar-refractivity contribution in [3.05, 3.63) is 235 Å². The monoisotopic (exact) mass is 978 g/mol. The van der Waals surface area contributed by atoms with E-state index in [0.717, 1.165) is 50.8 Å². The first-order valence-corrected chi connectivity index (χ1v) is 26.8. The average Bonchev–Trinajstić information content (AvgIpc) is 3.73. The van der Waals surface area contributed by atoms with Crippen molar-refractivity contribution >= 4 is 77.5 Å². The minimum Gasteiger partial charge on any atom is -0.310 e. The summed E-state index contributed by atoms with van der Waals surface area (Å²) in [5.41, 5.74) is 17.8. The van der Waals surface area contributed by atoms with Crippen molar-refractivity contribution in [1.29, 1.82) is 0 Å². The Bertz CT molecular complexity index is 3520. The van der Waals surface area contributed by atoms with Crippen LogP contribution in [0.1, 0.15) is 105 Å². The van der Waals surface area contributed by atoms with Crippen LogP contribution in [0.25, 0.3) is 60.2 Å². The Morgan fingerprint density at radius 2 is 0.560 bits per heavy atom. The summed E-state index contributed by atoms with van der Waals surface area (Å²) in [4.78, 5) is 4.96. The Balaban J connectivity index is 1.26. The maximum Gasteiger partial charge on any atom is 0.0568 e. The van der Waals surface area contributed by atoms with Gasteiger partial charge in [0.2, 0.25) is 0 Å². The van der Waals surface area contributed by atoms with E-state index in [4.69, 9.17) is 0 Å². The number of benzene rings is 10. The van der Waals surface area contributed by atoms with Crippen LogP contribution in [0.3, 0.4) is 0 Å². The standard InChI is InChI=1S/C72H71N3/c1-69(2,3)50-28-38-54(39-29-50)73(55-40-30-51(31-41-55)70(4,5)6)63-46-65-67(61-24-18-16-22-59(61)63)68-62-25-19-17-23-60(62)64(47-66(68)75(65)58-36-26-49(27-37-58)48-20-14-13-15-21-48)74(56-42-32-52(33-43-56)71(7,8)9)57-44-34-53(35-45-57)72(10,11)12/h13-47H,1-12H3. The number of nitrogens with zero attached hydrogens (tertiary/aromatic N) is 3. The molecule has 0 unspecified atom stereocenters. The predicted molar refractivity (Wildman–Crippen MR) is 325 cm³/mol. The van der Waals surface area contributed by atoms with Crippen LogP contribution >= 0.6 is 0 Å². The molecule has 0 fully saturated rings. The smallest absolute Gasteiger partial charge is 0.0568 e. The van der Waals surface area contributed by atoms with Gasteiger partial charge in [-0.1, -0.05) is 223 Å². The van der Waals surface area contributed by atoms with Gasteiger partial charge >= 0.3 is 0 Å². The van der Waals surface area contributed by atoms with E-state index in [1.165, 1.54) is 65.7 Å². The highest BCUT2D eigenvalue weighted by Gasteiger charge is 2.28. The second-order valence-electron chi connectivity index (χ2n) is 24.8. The lowest BCUT2D eigenvalue weighted by molar-refractivity contribution is 0.590. The van der Waals surface area contributed by atoms with Gasteiger partial charge in [-0.2, -0.15) is 0 Å². The Hall–Kier alpha value is -7.88. The van der Waals surface area contributed by atoms with Gasteiger partial charge in [0.15, 0.2) is 0 Å². The summed E-state index contributed by atoms with van der Waals surface area (Å²) in [6.07, 6.45) is 0. The lowest BCUT2D eigenvalue weighted by Gasteiger charge is -2.29. The fourth-order valence-electron chi connectivity index (χ4n) is 11.1. The molecule has 3 heteroatoms. The molecule has 1 heterocycles. The third-order valence-electron chi connectivity index (χ3n) is 15.4. The lowest BCUT2D eigenvalue weighted by atomic mass is 9.86. The minimum absolute atomic E-state index is 0.0171. The first-order valence-electron chi connectivity index (χ1n) is 26.8. The Morgan fingerprint density at radius 1 is 0.280 bits per heavy atom. The zero-order valence-corrected chi connectivity index (χ0v) is 46.0. The second kappa shape index (κ2) is 18.5. The third kappa shape index (κ3) is 9.18. The van der Waals surface area contributed by atoms with Gasteiger partial charge in [0.05, 0.1) is 22.4 Å². The quantitative estimate of drug-likeness (QED) is 0.150. The zero-order valence-electron chi connectivity index (χ0n) is 46.0. The number of hydrogen-bond donors (Lipinski definition) is 0. The fraction of sp³-hybridized carbons (Fsp3) is 0.222. The maximum absolute atomic E-state index is 2.54. The van der Waals surface area contributed by atoms with Crippen molar-refractivity contribution in [1.82, 2.24) is 4.57 Å². The molecule has 3 nitrogen and oxygen atoms in total. The van der Waals surface area contributed by atoms with Crippen molar-refractivity contribution in [3.63, 3.8) is 0 Å². The van der Waals surface area contributed by atoms with Crippen molar-refractivity contribution in [3.8, 4) is 16.8 Å². The SMILES string of the molecule is CC(C)(C)c1ccc(N(c2ccc(C(C)(C)C)cc2)c2cc3c(c4ccccc24)c2c4ccccc4c(N(c4ccc(C(C)(C)C)cc4)c4ccc(C(C)(C)C)cc4)cc2n3-c2ccc(-c3ccccc3)cc2)cc1. The summed E-state index contributed by atoms with van der Waals surface area (Å²) >= 11 is 0. The molecule has 0 spiro atoms. The molecule has 0 amide bonds. The van der Waals surface area contributed by atoms with Crippen LogP contribution in [-0.4, -0.2) is 4.57 Å². The van der Waals surface area contributed by atoms with Gasteiger partial charge in [0.1, 0.15) is 0 Å². The summed E-state index contributed by atoms with van der Waals surface area (Å²) in [5.74, 6) is 0. The number of anilines is 6. The van der Waals surface area contributed by atoms with Crippen LogP contribution in [0.15, 0.2) is 212 Å². The molecular weight excluding hydrogens is 907 g/mol. The van der Waals surface area contributed by atoms with E-state index < -0.39 is 0 Å². The van der Waals surface area contributed by atoms with Crippen molar-refractivity contribution in [2.45, 2.75) is 105 Å². The molecule has 1 aromatic heterocycles. The molecule has 0 saturated carbocycles. The predicted octanol–water partition coefficient (Wildman–Crippen LogP) is 20.9. The first kappa shape index (κ1) is 49.3. The molecule has 10 aromatic carbocycles. The van der Waals surface area contributed by atoms with Crippen LogP contribution < -0.4 is 9.80 Å². The maximum atomic E-state index is 2.54. The van der Waals surface area contributed by atoms with Crippen LogP contribution in [0.5, 0.6) is 0 Å². The largest absolute Gasteiger partial charge is 0.310 e. The van der Waals surface area contributed by atoms with Crippen LogP contribution in [0.4, 0.5) is 34.1 Å². The van der Waals surface area contributed by atoms with Crippen molar-refractivity contribution in [2.24, 2.45) is 0 Å². The van der Waals surface area contributed by atoms with Gasteiger partial charge in [-0.05, 0) is 139 Å². The third-order valence-corrected chi connectivity index (χ3v) is 15.4. The average molecular weight is 978 g/mol. The Labute approximate surface area is 445 Å². The number of rotatable bonds is 8. The molecule has 0 atom stereocenters. The van der Waals surface area contributed by atoms with Crippen molar-refractivity contribution < 1.29 is 0 Å². The normalized spacial score (nSPS) is 12.5. The Morgan fingerprint density at radius 3 is 0.867 bits per heavy atom. The van der Waals surface area contributed by atoms with Crippen LogP contribution in [0.2, 0.25) is 0 Å². The van der Waals surface area contributed by atoms with Crippen LogP contribution in [0, 0.1) is 0 Å². The first-order chi connectivity index (χ1) is 35.7. The van der Waals surface area contributed by atoms with Gasteiger partial charge in [0.25, 0.3) is 0 Å². The van der Waals surface area contributed by atoms with Gasteiger partial charge in [-0.3, -0.25) is 0 Å². The highest BCUT2D eigenvalue weighted by molar-refractivity contribution is 6.32. The topological polar surface area (TPSA) is 11.4 Å². The van der Waals surface area contributed by atoms with Crippen molar-refractivity contribution in [2.75, 3.05) is 9.80 Å². The summed E-state index contributed by atoms with van der Waals surface area (Å²) in [6.45, 7) is 27.5. The number of fused-ring (bicyclic) bond motifs is 7. The summed E-state index contributed by atoms with van der Waals surface area (Å²) in [6, 6.07) is 80.0. The number of aromatic nitrogens is 1. The van der Waals surface area contributed by atoms with Crippen LogP contribution in [-0.2, 0) is 21.7 Å². The van der Waals surface area contributed by atoms with E-state index >= 15 is 0 Å². The van der Waals surface area contributed by atoms with Gasteiger partial charge in [-0.15, -0.1) is 0 Å². The zero-order chi connectivity index (χ0) is 52.6. The molecule has 11 rings (SSSR count). The van der Waals surface area contributed by atoms with E-state index in [9.17, 15) is 0 Å². The fourth-order valence-corrected chi connectivity index (χ4v) is 11.1.